The van der Waals surface area contributed by atoms with Crippen molar-refractivity contribution in [3.05, 3.63) is 54.1 Å². The molecule has 0 spiro atoms. The van der Waals surface area contributed by atoms with Crippen molar-refractivity contribution in [3.8, 4) is 11.5 Å². The quantitative estimate of drug-likeness (QED) is 0.794. The molecule has 0 radical (unpaired) electrons. The number of rotatable bonds is 6. The maximum atomic E-state index is 11.8. The summed E-state index contributed by atoms with van der Waals surface area (Å²) >= 11 is 0. The predicted octanol–water partition coefficient (Wildman–Crippen LogP) is 3.02. The summed E-state index contributed by atoms with van der Waals surface area (Å²) in [5, 5.41) is 9.00. The number of carboxylic acid groups (broad SMARTS) is 1. The van der Waals surface area contributed by atoms with Gasteiger partial charge in [-0.15, -0.1) is 0 Å². The first-order chi connectivity index (χ1) is 10.4. The van der Waals surface area contributed by atoms with Crippen LogP contribution in [0, 0.1) is 0 Å². The molecule has 2 rings (SSSR count). The Morgan fingerprint density at radius 3 is 2.00 bits per heavy atom. The average Bonchev–Trinajstić information content (AvgIpc) is 2.48. The van der Waals surface area contributed by atoms with Gasteiger partial charge in [-0.2, -0.15) is 0 Å². The molecule has 2 N–H and O–H groups in total. The molecule has 1 unspecified atom stereocenters. The zero-order chi connectivity index (χ0) is 16.2. The van der Waals surface area contributed by atoms with Crippen LogP contribution >= 0.6 is 7.60 Å². The maximum Gasteiger partial charge on any atom is 0.358 e. The second kappa shape index (κ2) is 6.75. The highest BCUT2D eigenvalue weighted by molar-refractivity contribution is 7.61. The first-order valence-electron chi connectivity index (χ1n) is 6.51. The Morgan fingerprint density at radius 1 is 1.05 bits per heavy atom. The van der Waals surface area contributed by atoms with E-state index in [4.69, 9.17) is 14.4 Å². The van der Waals surface area contributed by atoms with Crippen LogP contribution in [0.5, 0.6) is 11.5 Å². The molecule has 0 aromatic heterocycles. The van der Waals surface area contributed by atoms with E-state index in [0.717, 1.165) is 0 Å². The van der Waals surface area contributed by atoms with Gasteiger partial charge >= 0.3 is 13.6 Å². The normalized spacial score (nSPS) is 13.4. The van der Waals surface area contributed by atoms with E-state index in [0.29, 0.717) is 11.5 Å². The summed E-state index contributed by atoms with van der Waals surface area (Å²) < 4.78 is 22.2. The molecular weight excluding hydrogens is 307 g/mol. The van der Waals surface area contributed by atoms with Crippen LogP contribution < -0.4 is 10.0 Å². The van der Waals surface area contributed by atoms with E-state index in [-0.39, 0.29) is 17.5 Å². The zero-order valence-corrected chi connectivity index (χ0v) is 12.7. The van der Waals surface area contributed by atoms with Crippen LogP contribution in [0.3, 0.4) is 0 Å². The molecule has 7 heteroatoms. The molecule has 0 aliphatic heterocycles. The van der Waals surface area contributed by atoms with E-state index >= 15 is 0 Å². The Labute approximate surface area is 127 Å². The highest BCUT2D eigenvalue weighted by Gasteiger charge is 2.21. The van der Waals surface area contributed by atoms with Crippen LogP contribution in [0.25, 0.3) is 0 Å². The number of hydrogen-bond acceptors (Lipinski definition) is 4. The third kappa shape index (κ3) is 3.95. The van der Waals surface area contributed by atoms with Crippen molar-refractivity contribution >= 4 is 18.9 Å². The number of benzene rings is 2. The summed E-state index contributed by atoms with van der Waals surface area (Å²) in [4.78, 5) is 20.4. The topological polar surface area (TPSA) is 93.1 Å². The average molecular weight is 322 g/mol. The summed E-state index contributed by atoms with van der Waals surface area (Å²) in [6, 6.07) is 11.9. The third-order valence-electron chi connectivity index (χ3n) is 2.80. The van der Waals surface area contributed by atoms with Crippen molar-refractivity contribution in [2.24, 2.45) is 0 Å². The Balaban J connectivity index is 2.11. The molecule has 22 heavy (non-hydrogen) atoms. The van der Waals surface area contributed by atoms with Crippen molar-refractivity contribution < 1.29 is 28.6 Å². The highest BCUT2D eigenvalue weighted by atomic mass is 31.2. The largest absolute Gasteiger partial charge is 0.478 e. The van der Waals surface area contributed by atoms with Crippen molar-refractivity contribution in [2.75, 3.05) is 6.61 Å². The fraction of sp³-hybridized carbons (Fsp3) is 0.133. The van der Waals surface area contributed by atoms with Crippen LogP contribution in [0.4, 0.5) is 0 Å². The third-order valence-corrected chi connectivity index (χ3v) is 4.36. The summed E-state index contributed by atoms with van der Waals surface area (Å²) in [5.74, 6) is -0.0800. The molecule has 0 heterocycles. The minimum atomic E-state index is -3.79. The first kappa shape index (κ1) is 16.2. The molecule has 2 aromatic rings. The fourth-order valence-corrected chi connectivity index (χ4v) is 2.78. The monoisotopic (exact) mass is 322 g/mol. The van der Waals surface area contributed by atoms with E-state index in [2.05, 4.69) is 0 Å². The molecule has 1 atom stereocenters. The zero-order valence-electron chi connectivity index (χ0n) is 11.8. The van der Waals surface area contributed by atoms with Gasteiger partial charge in [0.25, 0.3) is 0 Å². The lowest BCUT2D eigenvalue weighted by Crippen LogP contribution is -2.06. The molecule has 0 amide bonds. The van der Waals surface area contributed by atoms with Crippen molar-refractivity contribution in [1.29, 1.82) is 0 Å². The van der Waals surface area contributed by atoms with E-state index < -0.39 is 13.6 Å². The first-order valence-corrected chi connectivity index (χ1v) is 8.09. The molecule has 6 nitrogen and oxygen atoms in total. The lowest BCUT2D eigenvalue weighted by molar-refractivity contribution is 0.0697. The van der Waals surface area contributed by atoms with Crippen LogP contribution in [-0.2, 0) is 9.09 Å². The highest BCUT2D eigenvalue weighted by Crippen LogP contribution is 2.40. The summed E-state index contributed by atoms with van der Waals surface area (Å²) in [6.07, 6.45) is 0. The van der Waals surface area contributed by atoms with Gasteiger partial charge in [0.05, 0.1) is 17.5 Å². The molecule has 2 aromatic carbocycles. The van der Waals surface area contributed by atoms with E-state index in [9.17, 15) is 14.3 Å². The minimum Gasteiger partial charge on any atom is -0.478 e. The molecule has 0 aliphatic rings. The molecule has 0 bridgehead atoms. The summed E-state index contributed by atoms with van der Waals surface area (Å²) in [6.45, 7) is 1.78. The fourth-order valence-electron chi connectivity index (χ4n) is 1.75. The second-order valence-corrected chi connectivity index (χ2v) is 6.18. The van der Waals surface area contributed by atoms with Crippen molar-refractivity contribution in [1.82, 2.24) is 0 Å². The van der Waals surface area contributed by atoms with Crippen molar-refractivity contribution in [2.45, 2.75) is 6.92 Å². The SMILES string of the molecule is CCOP(=O)(O)c1ccc(Oc2ccc(C(=O)O)cc2)cc1. The Bertz CT molecular complexity index is 693. The smallest absolute Gasteiger partial charge is 0.358 e. The Hall–Kier alpha value is -2.14. The number of aromatic carboxylic acids is 1. The maximum absolute atomic E-state index is 11.8. The Morgan fingerprint density at radius 2 is 1.55 bits per heavy atom. The molecule has 116 valence electrons. The lowest BCUT2D eigenvalue weighted by Gasteiger charge is -2.11. The number of carboxylic acids is 1. The molecular formula is C15H15O6P. The van der Waals surface area contributed by atoms with E-state index in [1.165, 1.54) is 36.4 Å². The predicted molar refractivity (Wildman–Crippen MR) is 81.0 cm³/mol. The van der Waals surface area contributed by atoms with Gasteiger partial charge < -0.3 is 19.3 Å². The van der Waals surface area contributed by atoms with Crippen LogP contribution in [0.1, 0.15) is 17.3 Å². The van der Waals surface area contributed by atoms with Crippen LogP contribution in [-0.4, -0.2) is 22.6 Å². The summed E-state index contributed by atoms with van der Waals surface area (Å²) in [7, 11) is -3.79. The van der Waals surface area contributed by atoms with Gasteiger partial charge in [0, 0.05) is 0 Å². The number of ether oxygens (including phenoxy) is 1. The van der Waals surface area contributed by atoms with Gasteiger partial charge in [-0.05, 0) is 55.5 Å². The van der Waals surface area contributed by atoms with Gasteiger partial charge in [-0.25, -0.2) is 4.79 Å². The van der Waals surface area contributed by atoms with Gasteiger partial charge in [-0.3, -0.25) is 4.57 Å². The van der Waals surface area contributed by atoms with Crippen molar-refractivity contribution in [3.63, 3.8) is 0 Å². The standard InChI is InChI=1S/C15H15O6P/c1-2-20-22(18,19)14-9-7-13(8-10-14)21-12-5-3-11(4-6-12)15(16)17/h3-10H,2H2,1H3,(H,16,17)(H,18,19). The van der Waals surface area contributed by atoms with Gasteiger partial charge in [0.15, 0.2) is 0 Å². The number of carbonyl (C=O) groups is 1. The molecule has 0 fully saturated rings. The number of hydrogen-bond donors (Lipinski definition) is 2. The van der Waals surface area contributed by atoms with E-state index in [1.807, 2.05) is 0 Å². The second-order valence-electron chi connectivity index (χ2n) is 4.36. The van der Waals surface area contributed by atoms with E-state index in [1.54, 1.807) is 19.1 Å². The lowest BCUT2D eigenvalue weighted by atomic mass is 10.2. The van der Waals surface area contributed by atoms with Gasteiger partial charge in [-0.1, -0.05) is 0 Å². The molecule has 0 aliphatic carbocycles. The Kier molecular flexibility index (Phi) is 4.98. The van der Waals surface area contributed by atoms with Crippen LogP contribution in [0.15, 0.2) is 48.5 Å². The van der Waals surface area contributed by atoms with Gasteiger partial charge in [0.1, 0.15) is 11.5 Å². The van der Waals surface area contributed by atoms with Gasteiger partial charge in [0.2, 0.25) is 0 Å². The summed E-state index contributed by atoms with van der Waals surface area (Å²) in [5.41, 5.74) is 0.167. The molecule has 0 saturated heterocycles. The van der Waals surface area contributed by atoms with Crippen LogP contribution in [0.2, 0.25) is 0 Å². The minimum absolute atomic E-state index is 0.141. The molecule has 0 saturated carbocycles.